The van der Waals surface area contributed by atoms with Crippen molar-refractivity contribution in [3.8, 4) is 0 Å². The highest BCUT2D eigenvalue weighted by molar-refractivity contribution is 4.84. The van der Waals surface area contributed by atoms with Crippen LogP contribution in [-0.4, -0.2) is 50.3 Å². The fourth-order valence-electron chi connectivity index (χ4n) is 2.79. The second-order valence-electron chi connectivity index (χ2n) is 4.79. The van der Waals surface area contributed by atoms with Gasteiger partial charge in [0.2, 0.25) is 0 Å². The van der Waals surface area contributed by atoms with Gasteiger partial charge in [-0.15, -0.1) is 0 Å². The molecule has 0 aromatic heterocycles. The largest absolute Gasteiger partial charge is 0.381 e. The molecule has 3 nitrogen and oxygen atoms in total. The summed E-state index contributed by atoms with van der Waals surface area (Å²) in [4.78, 5) is 2.69. The molecule has 2 saturated heterocycles. The van der Waals surface area contributed by atoms with Gasteiger partial charge in [0, 0.05) is 19.2 Å². The van der Waals surface area contributed by atoms with Crippen LogP contribution in [0, 0.1) is 5.92 Å². The summed E-state index contributed by atoms with van der Waals surface area (Å²) in [5, 5.41) is 3.43. The first kappa shape index (κ1) is 11.4. The highest BCUT2D eigenvalue weighted by atomic mass is 16.5. The van der Waals surface area contributed by atoms with E-state index in [2.05, 4.69) is 17.1 Å². The molecule has 2 heterocycles. The molecule has 15 heavy (non-hydrogen) atoms. The number of nitrogens with zero attached hydrogens (tertiary/aromatic N) is 1. The maximum Gasteiger partial charge on any atom is 0.0506 e. The van der Waals surface area contributed by atoms with Crippen LogP contribution in [0.3, 0.4) is 0 Å². The van der Waals surface area contributed by atoms with Crippen molar-refractivity contribution in [2.75, 3.05) is 39.4 Å². The number of piperidine rings is 1. The van der Waals surface area contributed by atoms with E-state index in [4.69, 9.17) is 4.74 Å². The molecule has 2 rings (SSSR count). The lowest BCUT2D eigenvalue weighted by Gasteiger charge is -2.31. The summed E-state index contributed by atoms with van der Waals surface area (Å²) in [7, 11) is 0. The second kappa shape index (κ2) is 5.83. The molecule has 0 amide bonds. The Morgan fingerprint density at radius 2 is 2.07 bits per heavy atom. The van der Waals surface area contributed by atoms with E-state index in [1.165, 1.54) is 45.4 Å². The maximum absolute atomic E-state index is 5.51. The molecule has 0 spiro atoms. The average Bonchev–Trinajstić information content (AvgIpc) is 2.76. The van der Waals surface area contributed by atoms with Crippen LogP contribution in [0.4, 0.5) is 0 Å². The Morgan fingerprint density at radius 3 is 2.80 bits per heavy atom. The standard InChI is InChI=1S/C12H24N2O/c1-2-15-10-11-5-8-14(9-11)12-3-6-13-7-4-12/h11-13H,2-10H2,1H3. The van der Waals surface area contributed by atoms with E-state index < -0.39 is 0 Å². The van der Waals surface area contributed by atoms with Gasteiger partial charge in [0.1, 0.15) is 0 Å². The van der Waals surface area contributed by atoms with E-state index >= 15 is 0 Å². The first-order valence-electron chi connectivity index (χ1n) is 6.42. The predicted octanol–water partition coefficient (Wildman–Crippen LogP) is 1.10. The Balaban J connectivity index is 1.71. The molecule has 0 bridgehead atoms. The molecule has 3 heteroatoms. The van der Waals surface area contributed by atoms with Gasteiger partial charge in [-0.1, -0.05) is 0 Å². The zero-order valence-electron chi connectivity index (χ0n) is 9.87. The lowest BCUT2D eigenvalue weighted by molar-refractivity contribution is 0.106. The van der Waals surface area contributed by atoms with Gasteiger partial charge in [-0.3, -0.25) is 4.90 Å². The number of nitrogens with one attached hydrogen (secondary N) is 1. The van der Waals surface area contributed by atoms with Gasteiger partial charge in [0.25, 0.3) is 0 Å². The van der Waals surface area contributed by atoms with Crippen molar-refractivity contribution in [2.24, 2.45) is 5.92 Å². The predicted molar refractivity (Wildman–Crippen MR) is 62.1 cm³/mol. The highest BCUT2D eigenvalue weighted by Crippen LogP contribution is 2.22. The molecule has 1 atom stereocenters. The average molecular weight is 212 g/mol. The molecule has 1 N–H and O–H groups in total. The van der Waals surface area contributed by atoms with E-state index in [1.807, 2.05) is 0 Å². The highest BCUT2D eigenvalue weighted by Gasteiger charge is 2.28. The Kier molecular flexibility index (Phi) is 4.42. The van der Waals surface area contributed by atoms with Crippen molar-refractivity contribution in [3.05, 3.63) is 0 Å². The summed E-state index contributed by atoms with van der Waals surface area (Å²) in [6.07, 6.45) is 4.01. The molecule has 2 fully saturated rings. The summed E-state index contributed by atoms with van der Waals surface area (Å²) >= 11 is 0. The van der Waals surface area contributed by atoms with Gasteiger partial charge in [-0.05, 0) is 51.7 Å². The van der Waals surface area contributed by atoms with Crippen LogP contribution in [0.15, 0.2) is 0 Å². The monoisotopic (exact) mass is 212 g/mol. The number of hydrogen-bond acceptors (Lipinski definition) is 3. The number of likely N-dealkylation sites (tertiary alicyclic amines) is 1. The van der Waals surface area contributed by atoms with E-state index in [1.54, 1.807) is 0 Å². The maximum atomic E-state index is 5.51. The molecular weight excluding hydrogens is 188 g/mol. The van der Waals surface area contributed by atoms with Gasteiger partial charge >= 0.3 is 0 Å². The quantitative estimate of drug-likeness (QED) is 0.755. The third-order valence-electron chi connectivity index (χ3n) is 3.70. The third kappa shape index (κ3) is 3.16. The first-order chi connectivity index (χ1) is 7.40. The van der Waals surface area contributed by atoms with Crippen LogP contribution >= 0.6 is 0 Å². The Labute approximate surface area is 93.2 Å². The molecule has 2 aliphatic rings. The smallest absolute Gasteiger partial charge is 0.0506 e. The van der Waals surface area contributed by atoms with Gasteiger partial charge in [0.15, 0.2) is 0 Å². The number of ether oxygens (including phenoxy) is 1. The van der Waals surface area contributed by atoms with Crippen LogP contribution in [-0.2, 0) is 4.74 Å². The van der Waals surface area contributed by atoms with E-state index in [0.29, 0.717) is 0 Å². The van der Waals surface area contributed by atoms with Crippen molar-refractivity contribution in [3.63, 3.8) is 0 Å². The molecule has 0 radical (unpaired) electrons. The Bertz CT molecular complexity index is 180. The van der Waals surface area contributed by atoms with E-state index in [-0.39, 0.29) is 0 Å². The fourth-order valence-corrected chi connectivity index (χ4v) is 2.79. The molecule has 1 unspecified atom stereocenters. The van der Waals surface area contributed by atoms with E-state index in [0.717, 1.165) is 25.2 Å². The van der Waals surface area contributed by atoms with Crippen molar-refractivity contribution >= 4 is 0 Å². The molecule has 2 aliphatic heterocycles. The van der Waals surface area contributed by atoms with Crippen molar-refractivity contribution in [1.82, 2.24) is 10.2 Å². The molecular formula is C12H24N2O. The lowest BCUT2D eigenvalue weighted by atomic mass is 10.1. The van der Waals surface area contributed by atoms with Crippen LogP contribution in [0.2, 0.25) is 0 Å². The van der Waals surface area contributed by atoms with Crippen LogP contribution in [0.25, 0.3) is 0 Å². The summed E-state index contributed by atoms with van der Waals surface area (Å²) in [6, 6.07) is 0.845. The minimum absolute atomic E-state index is 0.792. The Morgan fingerprint density at radius 1 is 1.27 bits per heavy atom. The lowest BCUT2D eigenvalue weighted by Crippen LogP contribution is -2.42. The zero-order valence-corrected chi connectivity index (χ0v) is 9.87. The topological polar surface area (TPSA) is 24.5 Å². The Hall–Kier alpha value is -0.120. The van der Waals surface area contributed by atoms with Crippen molar-refractivity contribution < 1.29 is 4.74 Å². The molecule has 88 valence electrons. The normalized spacial score (nSPS) is 29.8. The minimum atomic E-state index is 0.792. The summed E-state index contributed by atoms with van der Waals surface area (Å²) in [6.45, 7) is 8.89. The second-order valence-corrected chi connectivity index (χ2v) is 4.79. The van der Waals surface area contributed by atoms with Gasteiger partial charge in [0.05, 0.1) is 6.61 Å². The fraction of sp³-hybridized carbons (Fsp3) is 1.00. The summed E-state index contributed by atoms with van der Waals surface area (Å²) in [5.41, 5.74) is 0. The number of hydrogen-bond donors (Lipinski definition) is 1. The molecule has 0 aromatic rings. The molecule has 0 aliphatic carbocycles. The summed E-state index contributed by atoms with van der Waals surface area (Å²) < 4.78 is 5.51. The molecule has 0 aromatic carbocycles. The molecule has 0 saturated carbocycles. The third-order valence-corrected chi connectivity index (χ3v) is 3.70. The van der Waals surface area contributed by atoms with E-state index in [9.17, 15) is 0 Å². The number of rotatable bonds is 4. The SMILES string of the molecule is CCOCC1CCN(C2CCNCC2)C1. The van der Waals surface area contributed by atoms with Crippen LogP contribution < -0.4 is 5.32 Å². The zero-order chi connectivity index (χ0) is 10.5. The minimum Gasteiger partial charge on any atom is -0.381 e. The van der Waals surface area contributed by atoms with Crippen molar-refractivity contribution in [2.45, 2.75) is 32.2 Å². The first-order valence-corrected chi connectivity index (χ1v) is 6.42. The van der Waals surface area contributed by atoms with Crippen LogP contribution in [0.5, 0.6) is 0 Å². The van der Waals surface area contributed by atoms with Crippen molar-refractivity contribution in [1.29, 1.82) is 0 Å². The van der Waals surface area contributed by atoms with Crippen LogP contribution in [0.1, 0.15) is 26.2 Å². The van der Waals surface area contributed by atoms with Gasteiger partial charge < -0.3 is 10.1 Å². The summed E-state index contributed by atoms with van der Waals surface area (Å²) in [5.74, 6) is 0.792. The van der Waals surface area contributed by atoms with Gasteiger partial charge in [-0.2, -0.15) is 0 Å². The van der Waals surface area contributed by atoms with Gasteiger partial charge in [-0.25, -0.2) is 0 Å².